The number of sulfonamides is 1. The van der Waals surface area contributed by atoms with Crippen LogP contribution in [0.2, 0.25) is 5.02 Å². The number of aromatic nitrogens is 3. The lowest BCUT2D eigenvalue weighted by atomic mass is 10.2. The van der Waals surface area contributed by atoms with Crippen LogP contribution in [0.4, 0.5) is 8.78 Å². The Labute approximate surface area is 164 Å². The number of hydrogen-bond acceptors (Lipinski definition) is 4. The van der Waals surface area contributed by atoms with Gasteiger partial charge < -0.3 is 0 Å². The average molecular weight is 429 g/mol. The van der Waals surface area contributed by atoms with Crippen LogP contribution in [0.1, 0.15) is 0 Å². The Morgan fingerprint density at radius 1 is 1.14 bits per heavy atom. The van der Waals surface area contributed by atoms with E-state index in [1.165, 1.54) is 35.9 Å². The van der Waals surface area contributed by atoms with E-state index in [1.54, 1.807) is 0 Å². The SMILES string of the molecule is Cn1c(-c2ccc(F)cc2)nn(CCNS(=O)(=O)c2ccc(F)c(Cl)c2)c1=O. The largest absolute Gasteiger partial charge is 0.345 e. The molecule has 3 aromatic rings. The molecule has 0 atom stereocenters. The topological polar surface area (TPSA) is 86.0 Å². The molecular weight excluding hydrogens is 414 g/mol. The molecule has 0 aliphatic carbocycles. The van der Waals surface area contributed by atoms with Crippen LogP contribution in [0.3, 0.4) is 0 Å². The summed E-state index contributed by atoms with van der Waals surface area (Å²) >= 11 is 5.61. The summed E-state index contributed by atoms with van der Waals surface area (Å²) in [7, 11) is -2.43. The second kappa shape index (κ2) is 7.82. The Hall–Kier alpha value is -2.56. The molecule has 148 valence electrons. The van der Waals surface area contributed by atoms with Gasteiger partial charge in [-0.25, -0.2) is 31.4 Å². The zero-order valence-corrected chi connectivity index (χ0v) is 16.1. The summed E-state index contributed by atoms with van der Waals surface area (Å²) in [6.45, 7) is -0.168. The molecule has 0 saturated carbocycles. The summed E-state index contributed by atoms with van der Waals surface area (Å²) < 4.78 is 55.4. The number of benzene rings is 2. The minimum absolute atomic E-state index is 0.0397. The Kier molecular flexibility index (Phi) is 5.64. The van der Waals surface area contributed by atoms with E-state index in [9.17, 15) is 22.0 Å². The Balaban J connectivity index is 1.74. The predicted octanol–water partition coefficient (Wildman–Crippen LogP) is 2.16. The van der Waals surface area contributed by atoms with Crippen molar-refractivity contribution in [2.24, 2.45) is 7.05 Å². The molecule has 7 nitrogen and oxygen atoms in total. The summed E-state index contributed by atoms with van der Waals surface area (Å²) in [5.41, 5.74) is 0.0876. The first-order valence-electron chi connectivity index (χ1n) is 8.03. The Bertz CT molecular complexity index is 1170. The number of rotatable bonds is 6. The summed E-state index contributed by atoms with van der Waals surface area (Å²) in [4.78, 5) is 12.1. The first kappa shape index (κ1) is 20.2. The standard InChI is InChI=1S/C17H15ClF2N4O3S/c1-23-16(11-2-4-12(19)5-3-11)22-24(17(23)25)9-8-21-28(26,27)13-6-7-15(20)14(18)10-13/h2-7,10,21H,8-9H2,1H3. The van der Waals surface area contributed by atoms with Gasteiger partial charge in [-0.1, -0.05) is 11.6 Å². The van der Waals surface area contributed by atoms with Crippen LogP contribution < -0.4 is 10.4 Å². The van der Waals surface area contributed by atoms with Crippen LogP contribution in [0.5, 0.6) is 0 Å². The van der Waals surface area contributed by atoms with Gasteiger partial charge in [0.15, 0.2) is 5.82 Å². The minimum Gasteiger partial charge on any atom is -0.278 e. The molecule has 0 fully saturated rings. The van der Waals surface area contributed by atoms with Crippen LogP contribution in [-0.4, -0.2) is 29.3 Å². The summed E-state index contributed by atoms with van der Waals surface area (Å²) in [5.74, 6) is -0.823. The molecule has 1 heterocycles. The van der Waals surface area contributed by atoms with Crippen molar-refractivity contribution in [2.75, 3.05) is 6.54 Å². The Morgan fingerprint density at radius 2 is 1.82 bits per heavy atom. The first-order valence-corrected chi connectivity index (χ1v) is 9.89. The fourth-order valence-electron chi connectivity index (χ4n) is 2.50. The zero-order chi connectivity index (χ0) is 20.5. The van der Waals surface area contributed by atoms with Crippen LogP contribution in [-0.2, 0) is 23.6 Å². The van der Waals surface area contributed by atoms with Crippen LogP contribution in [0.25, 0.3) is 11.4 Å². The molecule has 1 aromatic heterocycles. The molecule has 28 heavy (non-hydrogen) atoms. The van der Waals surface area contributed by atoms with Crippen molar-refractivity contribution in [3.05, 3.63) is 69.6 Å². The molecule has 0 aliphatic heterocycles. The van der Waals surface area contributed by atoms with Gasteiger partial charge in [0.25, 0.3) is 0 Å². The highest BCUT2D eigenvalue weighted by atomic mass is 35.5. The van der Waals surface area contributed by atoms with E-state index in [0.717, 1.165) is 22.9 Å². The van der Waals surface area contributed by atoms with Gasteiger partial charge in [-0.3, -0.25) is 4.57 Å². The highest BCUT2D eigenvalue weighted by Gasteiger charge is 2.17. The van der Waals surface area contributed by atoms with E-state index >= 15 is 0 Å². The van der Waals surface area contributed by atoms with Crippen LogP contribution in [0, 0.1) is 11.6 Å². The fourth-order valence-corrected chi connectivity index (χ4v) is 3.79. The number of nitrogens with zero attached hydrogens (tertiary/aromatic N) is 3. The van der Waals surface area contributed by atoms with E-state index in [0.29, 0.717) is 11.4 Å². The monoisotopic (exact) mass is 428 g/mol. The van der Waals surface area contributed by atoms with E-state index in [4.69, 9.17) is 11.6 Å². The molecule has 0 unspecified atom stereocenters. The predicted molar refractivity (Wildman–Crippen MR) is 99.5 cm³/mol. The maximum absolute atomic E-state index is 13.2. The molecule has 11 heteroatoms. The molecule has 0 saturated heterocycles. The van der Waals surface area contributed by atoms with Gasteiger partial charge in [0.05, 0.1) is 16.5 Å². The van der Waals surface area contributed by atoms with Gasteiger partial charge in [-0.05, 0) is 42.5 Å². The first-order chi connectivity index (χ1) is 13.2. The quantitative estimate of drug-likeness (QED) is 0.652. The smallest absolute Gasteiger partial charge is 0.278 e. The number of nitrogens with one attached hydrogen (secondary N) is 1. The molecule has 3 rings (SSSR count). The maximum Gasteiger partial charge on any atom is 0.345 e. The third kappa shape index (κ3) is 4.13. The number of hydrogen-bond donors (Lipinski definition) is 1. The molecule has 0 aliphatic rings. The van der Waals surface area contributed by atoms with Gasteiger partial charge in [0.2, 0.25) is 10.0 Å². The Morgan fingerprint density at radius 3 is 2.46 bits per heavy atom. The van der Waals surface area contributed by atoms with Crippen molar-refractivity contribution in [3.8, 4) is 11.4 Å². The highest BCUT2D eigenvalue weighted by Crippen LogP contribution is 2.19. The molecular formula is C17H15ClF2N4O3S. The van der Waals surface area contributed by atoms with Crippen molar-refractivity contribution >= 4 is 21.6 Å². The van der Waals surface area contributed by atoms with Gasteiger partial charge in [0, 0.05) is 19.2 Å². The van der Waals surface area contributed by atoms with Crippen molar-refractivity contribution in [1.82, 2.24) is 19.1 Å². The van der Waals surface area contributed by atoms with Gasteiger partial charge >= 0.3 is 5.69 Å². The lowest BCUT2D eigenvalue weighted by Crippen LogP contribution is -2.31. The van der Waals surface area contributed by atoms with Gasteiger partial charge in [0.1, 0.15) is 11.6 Å². The second-order valence-corrected chi connectivity index (χ2v) is 8.04. The zero-order valence-electron chi connectivity index (χ0n) is 14.6. The highest BCUT2D eigenvalue weighted by molar-refractivity contribution is 7.89. The van der Waals surface area contributed by atoms with E-state index in [-0.39, 0.29) is 23.0 Å². The summed E-state index contributed by atoms with van der Waals surface area (Å²) in [6, 6.07) is 8.52. The van der Waals surface area contributed by atoms with Gasteiger partial charge in [-0.2, -0.15) is 0 Å². The van der Waals surface area contributed by atoms with Crippen molar-refractivity contribution in [2.45, 2.75) is 11.4 Å². The van der Waals surface area contributed by atoms with Crippen molar-refractivity contribution < 1.29 is 17.2 Å². The van der Waals surface area contributed by atoms with Gasteiger partial charge in [-0.15, -0.1) is 5.10 Å². The van der Waals surface area contributed by atoms with Crippen molar-refractivity contribution in [3.63, 3.8) is 0 Å². The molecule has 0 amide bonds. The summed E-state index contributed by atoms with van der Waals surface area (Å²) in [5, 5.41) is 3.85. The second-order valence-electron chi connectivity index (χ2n) is 5.87. The van der Waals surface area contributed by atoms with Crippen molar-refractivity contribution in [1.29, 1.82) is 0 Å². The molecule has 0 spiro atoms. The van der Waals surface area contributed by atoms with Crippen LogP contribution >= 0.6 is 11.6 Å². The lowest BCUT2D eigenvalue weighted by Gasteiger charge is -2.07. The molecule has 1 N–H and O–H groups in total. The lowest BCUT2D eigenvalue weighted by molar-refractivity contribution is 0.550. The number of halogens is 3. The normalized spacial score (nSPS) is 11.7. The summed E-state index contributed by atoms with van der Waals surface area (Å²) in [6.07, 6.45) is 0. The fraction of sp³-hybridized carbons (Fsp3) is 0.176. The minimum atomic E-state index is -3.94. The average Bonchev–Trinajstić information content (AvgIpc) is 2.93. The molecule has 0 bridgehead atoms. The molecule has 2 aromatic carbocycles. The van der Waals surface area contributed by atoms with Crippen LogP contribution in [0.15, 0.2) is 52.2 Å². The third-order valence-corrected chi connectivity index (χ3v) is 5.71. The third-order valence-electron chi connectivity index (χ3n) is 3.96. The maximum atomic E-state index is 13.2. The van der Waals surface area contributed by atoms with E-state index in [2.05, 4.69) is 9.82 Å². The molecule has 0 radical (unpaired) electrons. The van der Waals surface area contributed by atoms with E-state index < -0.39 is 27.3 Å². The van der Waals surface area contributed by atoms with E-state index in [1.807, 2.05) is 0 Å².